The first-order chi connectivity index (χ1) is 7.22. The van der Waals surface area contributed by atoms with E-state index in [-0.39, 0.29) is 18.0 Å². The van der Waals surface area contributed by atoms with Crippen molar-refractivity contribution < 1.29 is 19.4 Å². The van der Waals surface area contributed by atoms with Crippen molar-refractivity contribution in [2.75, 3.05) is 26.4 Å². The third-order valence-electron chi connectivity index (χ3n) is 2.66. The van der Waals surface area contributed by atoms with Crippen LogP contribution in [0.5, 0.6) is 0 Å². The van der Waals surface area contributed by atoms with E-state index in [1.165, 1.54) is 6.08 Å². The molecule has 4 heteroatoms. The van der Waals surface area contributed by atoms with E-state index in [2.05, 4.69) is 0 Å². The maximum Gasteiger partial charge on any atom is 0.330 e. The smallest absolute Gasteiger partial charge is 0.330 e. The van der Waals surface area contributed by atoms with Crippen molar-refractivity contribution >= 4 is 5.97 Å². The molecule has 1 fully saturated rings. The van der Waals surface area contributed by atoms with Crippen LogP contribution in [0.25, 0.3) is 0 Å². The highest BCUT2D eigenvalue weighted by atomic mass is 16.5. The van der Waals surface area contributed by atoms with Gasteiger partial charge in [-0.3, -0.25) is 0 Å². The number of hydrogen-bond donors (Lipinski definition) is 1. The van der Waals surface area contributed by atoms with Crippen LogP contribution in [0.3, 0.4) is 0 Å². The van der Waals surface area contributed by atoms with Crippen LogP contribution < -0.4 is 0 Å². The minimum atomic E-state index is -0.350. The van der Waals surface area contributed by atoms with E-state index >= 15 is 0 Å². The highest BCUT2D eigenvalue weighted by Crippen LogP contribution is 2.31. The van der Waals surface area contributed by atoms with Gasteiger partial charge >= 0.3 is 5.97 Å². The molecule has 1 heterocycles. The summed E-state index contributed by atoms with van der Waals surface area (Å²) in [5.41, 5.74) is -0.301. The lowest BCUT2D eigenvalue weighted by molar-refractivity contribution is -0.137. The number of hydrogen-bond acceptors (Lipinski definition) is 4. The van der Waals surface area contributed by atoms with Crippen molar-refractivity contribution in [1.82, 2.24) is 0 Å². The Hall–Kier alpha value is -0.870. The predicted molar refractivity (Wildman–Crippen MR) is 55.3 cm³/mol. The predicted octanol–water partition coefficient (Wildman–Crippen LogP) is 0.895. The SMILES string of the molecule is CCOC(=O)C=CC1(CO)CCOCC1. The Morgan fingerprint density at radius 1 is 1.53 bits per heavy atom. The summed E-state index contributed by atoms with van der Waals surface area (Å²) in [6.45, 7) is 3.45. The molecule has 1 N–H and O–H groups in total. The molecule has 0 unspecified atom stereocenters. The molecule has 0 aromatic carbocycles. The molecular weight excluding hydrogens is 196 g/mol. The van der Waals surface area contributed by atoms with Crippen molar-refractivity contribution in [3.63, 3.8) is 0 Å². The molecule has 1 saturated heterocycles. The average molecular weight is 214 g/mol. The van der Waals surface area contributed by atoms with Gasteiger partial charge in [0.15, 0.2) is 0 Å². The first kappa shape index (κ1) is 12.2. The van der Waals surface area contributed by atoms with Gasteiger partial charge in [0.05, 0.1) is 13.2 Å². The molecular formula is C11H18O4. The second kappa shape index (κ2) is 5.88. The van der Waals surface area contributed by atoms with Crippen molar-refractivity contribution in [3.05, 3.63) is 12.2 Å². The van der Waals surface area contributed by atoms with Crippen molar-refractivity contribution in [2.24, 2.45) is 5.41 Å². The maximum absolute atomic E-state index is 11.1. The van der Waals surface area contributed by atoms with Crippen LogP contribution in [0.1, 0.15) is 19.8 Å². The highest BCUT2D eigenvalue weighted by Gasteiger charge is 2.29. The second-order valence-corrected chi connectivity index (χ2v) is 3.72. The number of aliphatic hydroxyl groups excluding tert-OH is 1. The number of rotatable bonds is 4. The van der Waals surface area contributed by atoms with Crippen LogP contribution >= 0.6 is 0 Å². The first-order valence-corrected chi connectivity index (χ1v) is 5.27. The molecule has 0 amide bonds. The maximum atomic E-state index is 11.1. The van der Waals surface area contributed by atoms with Crippen LogP contribution in [-0.2, 0) is 14.3 Å². The fraction of sp³-hybridized carbons (Fsp3) is 0.727. The van der Waals surface area contributed by atoms with Crippen molar-refractivity contribution in [2.45, 2.75) is 19.8 Å². The second-order valence-electron chi connectivity index (χ2n) is 3.72. The lowest BCUT2D eigenvalue weighted by Gasteiger charge is -2.32. The quantitative estimate of drug-likeness (QED) is 0.558. The minimum Gasteiger partial charge on any atom is -0.463 e. The lowest BCUT2D eigenvalue weighted by Crippen LogP contribution is -2.31. The Bertz CT molecular complexity index is 229. The third kappa shape index (κ3) is 3.64. The van der Waals surface area contributed by atoms with Crippen LogP contribution in [0.4, 0.5) is 0 Å². The summed E-state index contributed by atoms with van der Waals surface area (Å²) in [7, 11) is 0. The molecule has 0 aromatic heterocycles. The number of aliphatic hydroxyl groups is 1. The van der Waals surface area contributed by atoms with Gasteiger partial charge in [0.25, 0.3) is 0 Å². The molecule has 86 valence electrons. The fourth-order valence-corrected chi connectivity index (χ4v) is 1.59. The number of carbonyl (C=O) groups is 1. The molecule has 4 nitrogen and oxygen atoms in total. The molecule has 15 heavy (non-hydrogen) atoms. The van der Waals surface area contributed by atoms with Gasteiger partial charge in [-0.15, -0.1) is 0 Å². The standard InChI is InChI=1S/C11H18O4/c1-2-15-10(13)3-4-11(9-12)5-7-14-8-6-11/h3-4,12H,2,5-9H2,1H3. The third-order valence-corrected chi connectivity index (χ3v) is 2.66. The molecule has 1 rings (SSSR count). The minimum absolute atomic E-state index is 0.0479. The number of ether oxygens (including phenoxy) is 2. The molecule has 0 spiro atoms. The molecule has 1 aliphatic heterocycles. The molecule has 0 atom stereocenters. The van der Waals surface area contributed by atoms with E-state index in [1.54, 1.807) is 13.0 Å². The normalized spacial score (nSPS) is 20.4. The van der Waals surface area contributed by atoms with Crippen molar-refractivity contribution in [3.8, 4) is 0 Å². The van der Waals surface area contributed by atoms with E-state index in [0.29, 0.717) is 19.8 Å². The Kier molecular flexibility index (Phi) is 4.78. The molecule has 0 aromatic rings. The summed E-state index contributed by atoms with van der Waals surface area (Å²) in [5, 5.41) is 9.33. The lowest BCUT2D eigenvalue weighted by atomic mass is 9.81. The van der Waals surface area contributed by atoms with Gasteiger partial charge < -0.3 is 14.6 Å². The summed E-state index contributed by atoms with van der Waals surface area (Å²) < 4.78 is 10.0. The summed E-state index contributed by atoms with van der Waals surface area (Å²) in [6.07, 6.45) is 4.66. The Labute approximate surface area is 89.9 Å². The number of carbonyl (C=O) groups excluding carboxylic acids is 1. The molecule has 0 aliphatic carbocycles. The molecule has 1 aliphatic rings. The van der Waals surface area contributed by atoms with Gasteiger partial charge in [0.1, 0.15) is 0 Å². The van der Waals surface area contributed by atoms with Gasteiger partial charge in [-0.25, -0.2) is 4.79 Å². The highest BCUT2D eigenvalue weighted by molar-refractivity contribution is 5.82. The van der Waals surface area contributed by atoms with Gasteiger partial charge in [-0.1, -0.05) is 6.08 Å². The van der Waals surface area contributed by atoms with Crippen molar-refractivity contribution in [1.29, 1.82) is 0 Å². The van der Waals surface area contributed by atoms with Gasteiger partial charge in [0.2, 0.25) is 0 Å². The van der Waals surface area contributed by atoms with E-state index in [9.17, 15) is 9.90 Å². The Morgan fingerprint density at radius 2 is 2.20 bits per heavy atom. The average Bonchev–Trinajstić information content (AvgIpc) is 2.28. The van der Waals surface area contributed by atoms with E-state index in [4.69, 9.17) is 9.47 Å². The van der Waals surface area contributed by atoms with Crippen LogP contribution in [0.2, 0.25) is 0 Å². The van der Waals surface area contributed by atoms with E-state index < -0.39 is 0 Å². The number of esters is 1. The molecule has 0 radical (unpaired) electrons. The van der Waals surface area contributed by atoms with Crippen LogP contribution in [0.15, 0.2) is 12.2 Å². The molecule has 0 saturated carbocycles. The largest absolute Gasteiger partial charge is 0.463 e. The summed E-state index contributed by atoms with van der Waals surface area (Å²) in [4.78, 5) is 11.1. The Morgan fingerprint density at radius 3 is 2.73 bits per heavy atom. The van der Waals surface area contributed by atoms with Gasteiger partial charge in [-0.2, -0.15) is 0 Å². The first-order valence-electron chi connectivity index (χ1n) is 5.27. The van der Waals surface area contributed by atoms with Crippen LogP contribution in [0, 0.1) is 5.41 Å². The van der Waals surface area contributed by atoms with E-state index in [0.717, 1.165) is 12.8 Å². The van der Waals surface area contributed by atoms with E-state index in [1.807, 2.05) is 0 Å². The van der Waals surface area contributed by atoms with Crippen LogP contribution in [-0.4, -0.2) is 37.5 Å². The topological polar surface area (TPSA) is 55.8 Å². The monoisotopic (exact) mass is 214 g/mol. The summed E-state index contributed by atoms with van der Waals surface area (Å²) in [5.74, 6) is -0.350. The summed E-state index contributed by atoms with van der Waals surface area (Å²) >= 11 is 0. The van der Waals surface area contributed by atoms with Gasteiger partial charge in [-0.05, 0) is 19.8 Å². The van der Waals surface area contributed by atoms with Gasteiger partial charge in [0, 0.05) is 24.7 Å². The fourth-order valence-electron chi connectivity index (χ4n) is 1.59. The zero-order valence-corrected chi connectivity index (χ0v) is 9.07. The Balaban J connectivity index is 2.54. The zero-order valence-electron chi connectivity index (χ0n) is 9.07. The zero-order chi connectivity index (χ0) is 11.1. The summed E-state index contributed by atoms with van der Waals surface area (Å²) in [6, 6.07) is 0. The molecule has 0 bridgehead atoms.